The van der Waals surface area contributed by atoms with Crippen LogP contribution in [0.25, 0.3) is 22.9 Å². The van der Waals surface area contributed by atoms with Crippen LogP contribution in [0.1, 0.15) is 64.4 Å². The highest BCUT2D eigenvalue weighted by Gasteiger charge is 2.23. The number of nitrogens with one attached hydrogen (secondary N) is 1. The fraction of sp³-hybridized carbons (Fsp3) is 0.282. The van der Waals surface area contributed by atoms with E-state index in [-0.39, 0.29) is 37.3 Å². The molecule has 2 aliphatic rings. The minimum atomic E-state index is -3.51. The standard InChI is InChI=1S/C20H19F2N3O3S.C19H18F2N4O3S.ClH/c1-29(26,27)25(17-10-9-14-3-2-4-16(14)11-17)12-13-5-7-15(8-6-13)19-23-24-20(28-19)18(21)22;1-29(26,27)25(16-7-6-14-9-22-10-15(14)8-16)11-12-2-4-13(5-3-12)18-23-24-19(28-18)17(20)21;/h5-11,18H,2-4,12H2,1H3;2-8,17,22H,9-11H2,1H3;1H. The van der Waals surface area contributed by atoms with E-state index in [1.165, 1.54) is 26.0 Å². The molecule has 8 rings (SSSR count). The van der Waals surface area contributed by atoms with Crippen molar-refractivity contribution >= 4 is 43.8 Å². The number of aromatic nitrogens is 4. The third-order valence-corrected chi connectivity index (χ3v) is 11.9. The second kappa shape index (κ2) is 17.9. The summed E-state index contributed by atoms with van der Waals surface area (Å²) >= 11 is 0. The highest BCUT2D eigenvalue weighted by Crippen LogP contribution is 2.31. The number of nitrogens with zero attached hydrogens (tertiary/aromatic N) is 6. The van der Waals surface area contributed by atoms with Gasteiger partial charge in [-0.15, -0.1) is 32.8 Å². The van der Waals surface area contributed by atoms with Crippen LogP contribution in [0.15, 0.2) is 93.8 Å². The van der Waals surface area contributed by atoms with E-state index in [4.69, 9.17) is 8.83 Å². The lowest BCUT2D eigenvalue weighted by atomic mass is 10.1. The van der Waals surface area contributed by atoms with Gasteiger partial charge in [-0.3, -0.25) is 8.61 Å². The molecule has 20 heteroatoms. The molecule has 4 aromatic carbocycles. The van der Waals surface area contributed by atoms with Crippen molar-refractivity contribution in [3.05, 3.63) is 130 Å². The number of rotatable bonds is 12. The molecule has 6 aromatic rings. The van der Waals surface area contributed by atoms with Crippen LogP contribution in [0, 0.1) is 0 Å². The van der Waals surface area contributed by atoms with Gasteiger partial charge < -0.3 is 14.2 Å². The van der Waals surface area contributed by atoms with Crippen molar-refractivity contribution < 1.29 is 43.2 Å². The zero-order chi connectivity index (χ0) is 41.2. The molecule has 0 saturated heterocycles. The van der Waals surface area contributed by atoms with E-state index in [2.05, 4.69) is 25.7 Å². The molecule has 0 radical (unpaired) electrons. The molecule has 1 N–H and O–H groups in total. The summed E-state index contributed by atoms with van der Waals surface area (Å²) in [6, 6.07) is 24.8. The van der Waals surface area contributed by atoms with Crippen molar-refractivity contribution in [1.82, 2.24) is 25.7 Å². The molecule has 1 aliphatic carbocycles. The molecule has 0 amide bonds. The summed E-state index contributed by atoms with van der Waals surface area (Å²) in [7, 11) is -7.01. The number of fused-ring (bicyclic) bond motifs is 2. The van der Waals surface area contributed by atoms with Crippen LogP contribution in [0.3, 0.4) is 0 Å². The fourth-order valence-electron chi connectivity index (χ4n) is 6.67. The van der Waals surface area contributed by atoms with Crippen LogP contribution in [-0.2, 0) is 59.1 Å². The van der Waals surface area contributed by atoms with E-state index in [9.17, 15) is 34.4 Å². The second-order valence-corrected chi connectivity index (χ2v) is 17.6. The first kappa shape index (κ1) is 43.2. The third-order valence-electron chi connectivity index (χ3n) is 9.59. The predicted molar refractivity (Wildman–Crippen MR) is 214 cm³/mol. The molecule has 1 aliphatic heterocycles. The molecule has 59 heavy (non-hydrogen) atoms. The number of hydrogen-bond donors (Lipinski definition) is 1. The maximum atomic E-state index is 12.6. The van der Waals surface area contributed by atoms with Gasteiger partial charge in [0.1, 0.15) is 0 Å². The lowest BCUT2D eigenvalue weighted by Crippen LogP contribution is -2.29. The highest BCUT2D eigenvalue weighted by atomic mass is 35.5. The van der Waals surface area contributed by atoms with Gasteiger partial charge in [-0.1, -0.05) is 36.4 Å². The lowest BCUT2D eigenvalue weighted by Gasteiger charge is -2.23. The van der Waals surface area contributed by atoms with Gasteiger partial charge in [-0.2, -0.15) is 17.6 Å². The van der Waals surface area contributed by atoms with Crippen molar-refractivity contribution in [2.45, 2.75) is 58.3 Å². The summed E-state index contributed by atoms with van der Waals surface area (Å²) in [5, 5.41) is 17.1. The summed E-state index contributed by atoms with van der Waals surface area (Å²) in [5.74, 6) is -1.49. The lowest BCUT2D eigenvalue weighted by molar-refractivity contribution is 0.115. The molecule has 0 unspecified atom stereocenters. The first-order valence-corrected chi connectivity index (χ1v) is 21.6. The van der Waals surface area contributed by atoms with Gasteiger partial charge in [0.25, 0.3) is 11.8 Å². The number of benzene rings is 4. The Kier molecular flexibility index (Phi) is 13.1. The summed E-state index contributed by atoms with van der Waals surface area (Å²) in [4.78, 5) is 0. The van der Waals surface area contributed by atoms with Gasteiger partial charge in [-0.25, -0.2) is 16.8 Å². The second-order valence-electron chi connectivity index (χ2n) is 13.8. The predicted octanol–water partition coefficient (Wildman–Crippen LogP) is 7.79. The Bertz CT molecular complexity index is 2450. The molecule has 0 fully saturated rings. The van der Waals surface area contributed by atoms with E-state index < -0.39 is 44.7 Å². The Morgan fingerprint density at radius 1 is 0.593 bits per heavy atom. The Balaban J connectivity index is 0.000000195. The Hall–Kier alpha value is -5.37. The van der Waals surface area contributed by atoms with Crippen LogP contribution in [0.2, 0.25) is 0 Å². The van der Waals surface area contributed by atoms with E-state index >= 15 is 0 Å². The Labute approximate surface area is 344 Å². The average molecular weight is 876 g/mol. The zero-order valence-corrected chi connectivity index (χ0v) is 34.0. The number of aryl methyl sites for hydroxylation is 2. The van der Waals surface area contributed by atoms with Gasteiger partial charge in [0, 0.05) is 24.2 Å². The third kappa shape index (κ3) is 10.3. The van der Waals surface area contributed by atoms with Gasteiger partial charge >= 0.3 is 12.9 Å². The minimum Gasteiger partial charge on any atom is -0.415 e. The molecule has 0 spiro atoms. The summed E-state index contributed by atoms with van der Waals surface area (Å²) in [5.41, 5.74) is 8.37. The topological polar surface area (TPSA) is 165 Å². The number of anilines is 2. The van der Waals surface area contributed by atoms with Gasteiger partial charge in [0.05, 0.1) is 37.0 Å². The van der Waals surface area contributed by atoms with Crippen LogP contribution in [0.4, 0.5) is 28.9 Å². The maximum absolute atomic E-state index is 12.6. The molecule has 0 atom stereocenters. The normalized spacial score (nSPS) is 13.4. The maximum Gasteiger partial charge on any atom is 0.314 e. The van der Waals surface area contributed by atoms with Gasteiger partial charge in [0.15, 0.2) is 0 Å². The van der Waals surface area contributed by atoms with Crippen LogP contribution in [0.5, 0.6) is 0 Å². The smallest absolute Gasteiger partial charge is 0.314 e. The SMILES string of the molecule is CS(=O)(=O)N(Cc1ccc(-c2nnc(C(F)F)o2)cc1)c1ccc2c(c1)CCC2.CS(=O)(=O)N(Cc1ccc(-c2nnc(C(F)F)o2)cc1)c1ccc2c(c1)CNC2.Cl. The van der Waals surface area contributed by atoms with Crippen molar-refractivity contribution in [2.24, 2.45) is 0 Å². The number of sulfonamides is 2. The van der Waals surface area contributed by atoms with Crippen molar-refractivity contribution in [2.75, 3.05) is 21.1 Å². The highest BCUT2D eigenvalue weighted by molar-refractivity contribution is 7.92. The molecule has 0 bridgehead atoms. The van der Waals surface area contributed by atoms with E-state index in [1.807, 2.05) is 30.3 Å². The monoisotopic (exact) mass is 875 g/mol. The molecular formula is C39H38ClF4N7O6S2. The van der Waals surface area contributed by atoms with E-state index in [0.717, 1.165) is 54.3 Å². The zero-order valence-electron chi connectivity index (χ0n) is 31.6. The number of halogens is 5. The largest absolute Gasteiger partial charge is 0.415 e. The van der Waals surface area contributed by atoms with Crippen LogP contribution in [-0.4, -0.2) is 49.7 Å². The van der Waals surface area contributed by atoms with Crippen molar-refractivity contribution in [3.8, 4) is 22.9 Å². The number of hydrogen-bond acceptors (Lipinski definition) is 11. The quantitative estimate of drug-likeness (QED) is 0.119. The minimum absolute atomic E-state index is 0. The van der Waals surface area contributed by atoms with Crippen LogP contribution >= 0.6 is 12.4 Å². The average Bonchev–Trinajstić information content (AvgIpc) is 4.03. The molecule has 312 valence electrons. The molecular weight excluding hydrogens is 838 g/mol. The summed E-state index contributed by atoms with van der Waals surface area (Å²) in [6.45, 7) is 1.78. The van der Waals surface area contributed by atoms with E-state index in [0.29, 0.717) is 29.0 Å². The molecule has 0 saturated carbocycles. The molecule has 13 nitrogen and oxygen atoms in total. The van der Waals surface area contributed by atoms with Gasteiger partial charge in [0.2, 0.25) is 31.8 Å². The Morgan fingerprint density at radius 3 is 1.46 bits per heavy atom. The van der Waals surface area contributed by atoms with Crippen molar-refractivity contribution in [1.29, 1.82) is 0 Å². The summed E-state index contributed by atoms with van der Waals surface area (Å²) in [6.07, 6.45) is -0.246. The number of alkyl halides is 4. The van der Waals surface area contributed by atoms with E-state index in [1.54, 1.807) is 54.6 Å². The molecule has 2 aromatic heterocycles. The molecule has 3 heterocycles. The van der Waals surface area contributed by atoms with Gasteiger partial charge in [-0.05, 0) is 101 Å². The first-order chi connectivity index (χ1) is 27.6. The Morgan fingerprint density at radius 2 is 1.02 bits per heavy atom. The fourth-order valence-corrected chi connectivity index (χ4v) is 8.43. The van der Waals surface area contributed by atoms with Crippen molar-refractivity contribution in [3.63, 3.8) is 0 Å². The van der Waals surface area contributed by atoms with Crippen LogP contribution < -0.4 is 13.9 Å². The summed E-state index contributed by atoms with van der Waals surface area (Å²) < 4.78 is 113. The first-order valence-electron chi connectivity index (χ1n) is 17.9.